The number of rotatable bonds is 8. The summed E-state index contributed by atoms with van der Waals surface area (Å²) in [4.78, 5) is 28.1. The van der Waals surface area contributed by atoms with E-state index >= 15 is 0 Å². The second-order valence-corrected chi connectivity index (χ2v) is 7.53. The van der Waals surface area contributed by atoms with Gasteiger partial charge >= 0.3 is 0 Å². The van der Waals surface area contributed by atoms with Crippen molar-refractivity contribution in [3.8, 4) is 11.5 Å². The van der Waals surface area contributed by atoms with Gasteiger partial charge in [0, 0.05) is 18.7 Å². The third kappa shape index (κ3) is 4.74. The number of ether oxygens (including phenoxy) is 1. The van der Waals surface area contributed by atoms with Crippen LogP contribution >= 0.6 is 0 Å². The molecule has 0 fully saturated rings. The SMILES string of the molecule is CCCN(CC(N)=O)C(=O)CN1CCc2cc(O)ccc2C1c1ccccc1OC. The van der Waals surface area contributed by atoms with Crippen molar-refractivity contribution in [2.75, 3.05) is 33.3 Å². The van der Waals surface area contributed by atoms with Gasteiger partial charge in [0.25, 0.3) is 0 Å². The molecule has 3 N–H and O–H groups in total. The Bertz CT molecular complexity index is 915. The summed E-state index contributed by atoms with van der Waals surface area (Å²) in [6.07, 6.45) is 1.46. The summed E-state index contributed by atoms with van der Waals surface area (Å²) in [6.45, 7) is 3.17. The summed E-state index contributed by atoms with van der Waals surface area (Å²) in [5.41, 5.74) is 8.38. The first-order valence-corrected chi connectivity index (χ1v) is 10.2. The lowest BCUT2D eigenvalue weighted by Gasteiger charge is -2.38. The molecule has 3 rings (SSSR count). The molecule has 2 aromatic rings. The van der Waals surface area contributed by atoms with E-state index in [1.165, 1.54) is 4.90 Å². The van der Waals surface area contributed by atoms with Crippen molar-refractivity contribution in [2.45, 2.75) is 25.8 Å². The number of phenols is 1. The Morgan fingerprint density at radius 3 is 2.70 bits per heavy atom. The highest BCUT2D eigenvalue weighted by molar-refractivity contribution is 5.85. The molecule has 2 aromatic carbocycles. The summed E-state index contributed by atoms with van der Waals surface area (Å²) in [5.74, 6) is 0.325. The zero-order chi connectivity index (χ0) is 21.7. The van der Waals surface area contributed by atoms with Gasteiger partial charge in [-0.25, -0.2) is 0 Å². The molecule has 0 aliphatic carbocycles. The Kier molecular flexibility index (Phi) is 6.95. The van der Waals surface area contributed by atoms with Crippen molar-refractivity contribution in [1.82, 2.24) is 9.80 Å². The number of nitrogens with two attached hydrogens (primary N) is 1. The van der Waals surface area contributed by atoms with Crippen LogP contribution in [-0.4, -0.2) is 60.0 Å². The van der Waals surface area contributed by atoms with E-state index in [-0.39, 0.29) is 30.8 Å². The van der Waals surface area contributed by atoms with Crippen LogP contribution in [0.5, 0.6) is 11.5 Å². The van der Waals surface area contributed by atoms with E-state index in [2.05, 4.69) is 4.90 Å². The number of methoxy groups -OCH3 is 1. The third-order valence-corrected chi connectivity index (χ3v) is 5.42. The van der Waals surface area contributed by atoms with Gasteiger partial charge < -0.3 is 20.5 Å². The number of hydrogen-bond donors (Lipinski definition) is 2. The Balaban J connectivity index is 1.97. The van der Waals surface area contributed by atoms with Gasteiger partial charge in [0.2, 0.25) is 11.8 Å². The molecule has 1 heterocycles. The smallest absolute Gasteiger partial charge is 0.237 e. The van der Waals surface area contributed by atoms with Crippen molar-refractivity contribution < 1.29 is 19.4 Å². The summed E-state index contributed by atoms with van der Waals surface area (Å²) >= 11 is 0. The minimum atomic E-state index is -0.516. The lowest BCUT2D eigenvalue weighted by molar-refractivity contribution is -0.136. The van der Waals surface area contributed by atoms with Crippen LogP contribution in [0.15, 0.2) is 42.5 Å². The molecule has 0 saturated carbocycles. The number of fused-ring (bicyclic) bond motifs is 1. The standard InChI is InChI=1S/C23H29N3O4/c1-3-11-25(14-21(24)28)22(29)15-26-12-10-16-13-17(27)8-9-18(16)23(26)19-6-4-5-7-20(19)30-2/h4-9,13,23,27H,3,10-12,14-15H2,1-2H3,(H2,24,28). The summed E-state index contributed by atoms with van der Waals surface area (Å²) in [6, 6.07) is 12.9. The Morgan fingerprint density at radius 1 is 1.23 bits per heavy atom. The summed E-state index contributed by atoms with van der Waals surface area (Å²) in [7, 11) is 1.63. The monoisotopic (exact) mass is 411 g/mol. The Morgan fingerprint density at radius 2 is 2.00 bits per heavy atom. The van der Waals surface area contributed by atoms with Gasteiger partial charge in [-0.05, 0) is 42.2 Å². The summed E-state index contributed by atoms with van der Waals surface area (Å²) < 4.78 is 5.60. The molecule has 0 aromatic heterocycles. The predicted octanol–water partition coefficient (Wildman–Crippen LogP) is 2.07. The molecule has 0 spiro atoms. The van der Waals surface area contributed by atoms with Crippen molar-refractivity contribution >= 4 is 11.8 Å². The predicted molar refractivity (Wildman–Crippen MR) is 114 cm³/mol. The van der Waals surface area contributed by atoms with Gasteiger partial charge in [0.15, 0.2) is 0 Å². The molecule has 7 heteroatoms. The van der Waals surface area contributed by atoms with Gasteiger partial charge in [-0.15, -0.1) is 0 Å². The second kappa shape index (κ2) is 9.63. The Labute approximate surface area is 177 Å². The lowest BCUT2D eigenvalue weighted by Crippen LogP contribution is -2.47. The first-order valence-electron chi connectivity index (χ1n) is 10.2. The van der Waals surface area contributed by atoms with Crippen LogP contribution in [0.25, 0.3) is 0 Å². The van der Waals surface area contributed by atoms with E-state index in [1.807, 2.05) is 37.3 Å². The van der Waals surface area contributed by atoms with Crippen molar-refractivity contribution in [3.63, 3.8) is 0 Å². The largest absolute Gasteiger partial charge is 0.508 e. The maximum Gasteiger partial charge on any atom is 0.237 e. The molecule has 1 aliphatic rings. The fourth-order valence-electron chi connectivity index (χ4n) is 4.12. The number of hydrogen-bond acceptors (Lipinski definition) is 5. The van der Waals surface area contributed by atoms with Crippen LogP contribution < -0.4 is 10.5 Å². The lowest BCUT2D eigenvalue weighted by atomic mass is 9.87. The van der Waals surface area contributed by atoms with Crippen LogP contribution in [-0.2, 0) is 16.0 Å². The average molecular weight is 412 g/mol. The zero-order valence-electron chi connectivity index (χ0n) is 17.5. The number of aromatic hydroxyl groups is 1. The quantitative estimate of drug-likeness (QED) is 0.693. The number of carbonyl (C=O) groups is 2. The van der Waals surface area contributed by atoms with E-state index in [4.69, 9.17) is 10.5 Å². The third-order valence-electron chi connectivity index (χ3n) is 5.42. The van der Waals surface area contributed by atoms with Crippen LogP contribution in [0.2, 0.25) is 0 Å². The molecular formula is C23H29N3O4. The highest BCUT2D eigenvalue weighted by Crippen LogP contribution is 2.40. The minimum absolute atomic E-state index is 0.0791. The molecular weight excluding hydrogens is 382 g/mol. The average Bonchev–Trinajstić information content (AvgIpc) is 2.73. The van der Waals surface area contributed by atoms with Crippen LogP contribution in [0, 0.1) is 0 Å². The number of primary amides is 1. The van der Waals surface area contributed by atoms with Gasteiger partial charge in [0.05, 0.1) is 26.2 Å². The highest BCUT2D eigenvalue weighted by Gasteiger charge is 2.33. The maximum atomic E-state index is 13.0. The maximum absolute atomic E-state index is 13.0. The van der Waals surface area contributed by atoms with Crippen LogP contribution in [0.3, 0.4) is 0 Å². The van der Waals surface area contributed by atoms with E-state index in [9.17, 15) is 14.7 Å². The number of carbonyl (C=O) groups excluding carboxylic acids is 2. The van der Waals surface area contributed by atoms with E-state index in [1.54, 1.807) is 19.2 Å². The normalized spacial score (nSPS) is 16.0. The molecule has 0 radical (unpaired) electrons. The molecule has 2 amide bonds. The topological polar surface area (TPSA) is 96.1 Å². The Hall–Kier alpha value is -3.06. The fourth-order valence-corrected chi connectivity index (χ4v) is 4.12. The second-order valence-electron chi connectivity index (χ2n) is 7.53. The van der Waals surface area contributed by atoms with Gasteiger partial charge in [0.1, 0.15) is 11.5 Å². The number of phenolic OH excluding ortho intramolecular Hbond substituents is 1. The van der Waals surface area contributed by atoms with Crippen molar-refractivity contribution in [2.24, 2.45) is 5.73 Å². The fraction of sp³-hybridized carbons (Fsp3) is 0.391. The molecule has 0 bridgehead atoms. The first-order chi connectivity index (χ1) is 14.4. The van der Waals surface area contributed by atoms with Gasteiger partial charge in [-0.2, -0.15) is 0 Å². The summed E-state index contributed by atoms with van der Waals surface area (Å²) in [5, 5.41) is 9.93. The van der Waals surface area contributed by atoms with Crippen LogP contribution in [0.1, 0.15) is 36.1 Å². The zero-order valence-corrected chi connectivity index (χ0v) is 17.5. The number of para-hydroxylation sites is 1. The van der Waals surface area contributed by atoms with Gasteiger partial charge in [-0.3, -0.25) is 14.5 Å². The highest BCUT2D eigenvalue weighted by atomic mass is 16.5. The molecule has 1 unspecified atom stereocenters. The molecule has 30 heavy (non-hydrogen) atoms. The molecule has 7 nitrogen and oxygen atoms in total. The molecule has 1 aliphatic heterocycles. The van der Waals surface area contributed by atoms with Crippen molar-refractivity contribution in [1.29, 1.82) is 0 Å². The first kappa shape index (κ1) is 21.6. The number of nitrogens with zero attached hydrogens (tertiary/aromatic N) is 2. The van der Waals surface area contributed by atoms with E-state index in [0.29, 0.717) is 19.5 Å². The van der Waals surface area contributed by atoms with Gasteiger partial charge in [-0.1, -0.05) is 31.2 Å². The van der Waals surface area contributed by atoms with Crippen molar-refractivity contribution in [3.05, 3.63) is 59.2 Å². The number of amides is 2. The molecule has 1 atom stereocenters. The number of benzene rings is 2. The van der Waals surface area contributed by atoms with E-state index in [0.717, 1.165) is 28.9 Å². The molecule has 0 saturated heterocycles. The molecule has 160 valence electrons. The minimum Gasteiger partial charge on any atom is -0.508 e. The van der Waals surface area contributed by atoms with E-state index < -0.39 is 5.91 Å². The van der Waals surface area contributed by atoms with Crippen LogP contribution in [0.4, 0.5) is 0 Å².